The van der Waals surface area contributed by atoms with Crippen LogP contribution in [0.15, 0.2) is 42.5 Å². The molecule has 0 aromatic heterocycles. The number of rotatable bonds is 1. The highest BCUT2D eigenvalue weighted by molar-refractivity contribution is 6.36. The maximum absolute atomic E-state index is 12.3. The first kappa shape index (κ1) is 11.9. The molecule has 1 aliphatic heterocycles. The number of hydrogen-bond acceptors (Lipinski definition) is 2. The van der Waals surface area contributed by atoms with Crippen molar-refractivity contribution in [3.8, 4) is 0 Å². The Balaban J connectivity index is 2.13. The fourth-order valence-electron chi connectivity index (χ4n) is 2.21. The lowest BCUT2D eigenvalue weighted by Gasteiger charge is -2.14. The smallest absolute Gasteiger partial charge is 0.266 e. The van der Waals surface area contributed by atoms with E-state index in [9.17, 15) is 9.59 Å². The molecule has 2 aromatic rings. The number of hydrogen-bond donors (Lipinski definition) is 0. The number of aryl methyl sites for hydroxylation is 1. The van der Waals surface area contributed by atoms with Crippen molar-refractivity contribution in [2.45, 2.75) is 6.92 Å². The molecule has 2 aromatic carbocycles. The van der Waals surface area contributed by atoms with Crippen molar-refractivity contribution in [3.05, 3.63) is 64.2 Å². The van der Waals surface area contributed by atoms with E-state index in [1.165, 1.54) is 11.0 Å². The molecule has 0 aliphatic carbocycles. The fourth-order valence-corrected chi connectivity index (χ4v) is 2.39. The maximum atomic E-state index is 12.3. The SMILES string of the molecule is Cc1cccc(N2C(=O)c3ccc(Cl)cc3C2=O)c1. The van der Waals surface area contributed by atoms with Gasteiger partial charge in [0, 0.05) is 5.02 Å². The second-order valence-corrected chi connectivity index (χ2v) is 4.91. The highest BCUT2D eigenvalue weighted by Gasteiger charge is 2.36. The predicted molar refractivity (Wildman–Crippen MR) is 73.8 cm³/mol. The Labute approximate surface area is 115 Å². The molecule has 0 fully saturated rings. The summed E-state index contributed by atoms with van der Waals surface area (Å²) in [5.41, 5.74) is 2.34. The second-order valence-electron chi connectivity index (χ2n) is 4.47. The van der Waals surface area contributed by atoms with E-state index in [0.29, 0.717) is 21.8 Å². The van der Waals surface area contributed by atoms with Gasteiger partial charge in [-0.25, -0.2) is 4.90 Å². The Hall–Kier alpha value is -2.13. The molecule has 0 N–H and O–H groups in total. The molecule has 19 heavy (non-hydrogen) atoms. The highest BCUT2D eigenvalue weighted by Crippen LogP contribution is 2.30. The molecule has 0 atom stereocenters. The van der Waals surface area contributed by atoms with Gasteiger partial charge in [-0.2, -0.15) is 0 Å². The van der Waals surface area contributed by atoms with Crippen LogP contribution >= 0.6 is 11.6 Å². The summed E-state index contributed by atoms with van der Waals surface area (Å²) in [7, 11) is 0. The van der Waals surface area contributed by atoms with Crippen LogP contribution in [0.5, 0.6) is 0 Å². The lowest BCUT2D eigenvalue weighted by molar-refractivity contribution is 0.0926. The third-order valence-electron chi connectivity index (χ3n) is 3.11. The number of fused-ring (bicyclic) bond motifs is 1. The number of amides is 2. The standard InChI is InChI=1S/C15H10ClNO2/c1-9-3-2-4-11(7-9)17-14(18)12-6-5-10(16)8-13(12)15(17)19/h2-8H,1H3. The van der Waals surface area contributed by atoms with E-state index in [2.05, 4.69) is 0 Å². The van der Waals surface area contributed by atoms with Crippen molar-refractivity contribution in [1.82, 2.24) is 0 Å². The van der Waals surface area contributed by atoms with Crippen LogP contribution in [0.2, 0.25) is 5.02 Å². The average molecular weight is 272 g/mol. The summed E-state index contributed by atoms with van der Waals surface area (Å²) in [5, 5.41) is 0.450. The van der Waals surface area contributed by atoms with Gasteiger partial charge in [-0.1, -0.05) is 23.7 Å². The van der Waals surface area contributed by atoms with E-state index in [0.717, 1.165) is 5.56 Å². The Bertz CT molecular complexity index is 709. The normalized spacial score (nSPS) is 13.9. The van der Waals surface area contributed by atoms with E-state index in [-0.39, 0.29) is 11.8 Å². The molecule has 0 radical (unpaired) electrons. The summed E-state index contributed by atoms with van der Waals surface area (Å²) in [5.74, 6) is -0.629. The molecule has 2 amide bonds. The third kappa shape index (κ3) is 1.83. The van der Waals surface area contributed by atoms with Crippen LogP contribution in [0, 0.1) is 6.92 Å². The fraction of sp³-hybridized carbons (Fsp3) is 0.0667. The summed E-state index contributed by atoms with van der Waals surface area (Å²) < 4.78 is 0. The van der Waals surface area contributed by atoms with Gasteiger partial charge in [-0.05, 0) is 42.8 Å². The summed E-state index contributed by atoms with van der Waals surface area (Å²) >= 11 is 5.87. The average Bonchev–Trinajstić information content (AvgIpc) is 2.61. The number of carbonyl (C=O) groups is 2. The molecule has 3 rings (SSSR count). The molecule has 4 heteroatoms. The third-order valence-corrected chi connectivity index (χ3v) is 3.34. The van der Waals surface area contributed by atoms with Crippen LogP contribution in [0.1, 0.15) is 26.3 Å². The van der Waals surface area contributed by atoms with Gasteiger partial charge in [0.15, 0.2) is 0 Å². The highest BCUT2D eigenvalue weighted by atomic mass is 35.5. The zero-order valence-corrected chi connectivity index (χ0v) is 10.9. The van der Waals surface area contributed by atoms with E-state index < -0.39 is 0 Å². The first-order valence-electron chi connectivity index (χ1n) is 5.83. The minimum absolute atomic E-state index is 0.303. The van der Waals surface area contributed by atoms with Crippen LogP contribution in [0.4, 0.5) is 5.69 Å². The molecule has 0 saturated heterocycles. The van der Waals surface area contributed by atoms with Crippen LogP contribution in [0.25, 0.3) is 0 Å². The summed E-state index contributed by atoms with van der Waals surface area (Å²) in [4.78, 5) is 25.8. The van der Waals surface area contributed by atoms with Gasteiger partial charge in [0.05, 0.1) is 16.8 Å². The Morgan fingerprint density at radius 2 is 1.68 bits per heavy atom. The lowest BCUT2D eigenvalue weighted by atomic mass is 10.1. The van der Waals surface area contributed by atoms with Crippen molar-refractivity contribution in [2.24, 2.45) is 0 Å². The van der Waals surface area contributed by atoms with Gasteiger partial charge in [0.25, 0.3) is 11.8 Å². The molecule has 3 nitrogen and oxygen atoms in total. The van der Waals surface area contributed by atoms with Gasteiger partial charge in [0.2, 0.25) is 0 Å². The van der Waals surface area contributed by atoms with Crippen molar-refractivity contribution in [3.63, 3.8) is 0 Å². The molecular formula is C15H10ClNO2. The van der Waals surface area contributed by atoms with Crippen LogP contribution in [-0.4, -0.2) is 11.8 Å². The molecule has 0 unspecified atom stereocenters. The van der Waals surface area contributed by atoms with Gasteiger partial charge in [-0.3, -0.25) is 9.59 Å². The summed E-state index contributed by atoms with van der Waals surface area (Å²) in [6, 6.07) is 12.0. The van der Waals surface area contributed by atoms with Gasteiger partial charge < -0.3 is 0 Å². The summed E-state index contributed by atoms with van der Waals surface area (Å²) in [6.45, 7) is 1.92. The van der Waals surface area contributed by atoms with Crippen LogP contribution in [0.3, 0.4) is 0 Å². The van der Waals surface area contributed by atoms with E-state index in [1.807, 2.05) is 25.1 Å². The molecule has 0 saturated carbocycles. The molecular weight excluding hydrogens is 262 g/mol. The predicted octanol–water partition coefficient (Wildman–Crippen LogP) is 3.45. The van der Waals surface area contributed by atoms with Gasteiger partial charge in [0.1, 0.15) is 0 Å². The van der Waals surface area contributed by atoms with Crippen molar-refractivity contribution in [1.29, 1.82) is 0 Å². The number of carbonyl (C=O) groups excluding carboxylic acids is 2. The molecule has 0 spiro atoms. The Morgan fingerprint density at radius 3 is 2.42 bits per heavy atom. The number of nitrogens with zero attached hydrogens (tertiary/aromatic N) is 1. The number of benzene rings is 2. The zero-order chi connectivity index (χ0) is 13.6. The maximum Gasteiger partial charge on any atom is 0.266 e. The van der Waals surface area contributed by atoms with Gasteiger partial charge >= 0.3 is 0 Å². The minimum Gasteiger partial charge on any atom is -0.268 e. The molecule has 94 valence electrons. The van der Waals surface area contributed by atoms with Crippen molar-refractivity contribution in [2.75, 3.05) is 4.90 Å². The van der Waals surface area contributed by atoms with Crippen LogP contribution in [-0.2, 0) is 0 Å². The number of halogens is 1. The number of anilines is 1. The first-order chi connectivity index (χ1) is 9.08. The quantitative estimate of drug-likeness (QED) is 0.745. The molecule has 1 heterocycles. The van der Waals surface area contributed by atoms with E-state index >= 15 is 0 Å². The first-order valence-corrected chi connectivity index (χ1v) is 6.21. The van der Waals surface area contributed by atoms with Crippen molar-refractivity contribution < 1.29 is 9.59 Å². The largest absolute Gasteiger partial charge is 0.268 e. The second kappa shape index (κ2) is 4.21. The van der Waals surface area contributed by atoms with Crippen LogP contribution < -0.4 is 4.90 Å². The number of imide groups is 1. The molecule has 0 bridgehead atoms. The summed E-state index contributed by atoms with van der Waals surface area (Å²) in [6.07, 6.45) is 0. The van der Waals surface area contributed by atoms with Gasteiger partial charge in [-0.15, -0.1) is 0 Å². The zero-order valence-electron chi connectivity index (χ0n) is 10.2. The topological polar surface area (TPSA) is 37.4 Å². The minimum atomic E-state index is -0.326. The monoisotopic (exact) mass is 271 g/mol. The van der Waals surface area contributed by atoms with E-state index in [4.69, 9.17) is 11.6 Å². The van der Waals surface area contributed by atoms with E-state index in [1.54, 1.807) is 18.2 Å². The Morgan fingerprint density at radius 1 is 0.947 bits per heavy atom. The Kier molecular flexibility index (Phi) is 2.64. The van der Waals surface area contributed by atoms with Crippen molar-refractivity contribution >= 4 is 29.1 Å². The molecule has 1 aliphatic rings. The lowest BCUT2D eigenvalue weighted by Crippen LogP contribution is -2.29.